The van der Waals surface area contributed by atoms with Crippen molar-refractivity contribution in [3.8, 4) is 0 Å². The second-order valence-electron chi connectivity index (χ2n) is 8.85. The van der Waals surface area contributed by atoms with E-state index in [1.54, 1.807) is 0 Å². The Morgan fingerprint density at radius 1 is 0.927 bits per heavy atom. The Hall–Kier alpha value is -1.85. The number of anilines is 1. The molecule has 41 heavy (non-hydrogen) atoms. The molecule has 1 unspecified atom stereocenters. The first-order valence-corrected chi connectivity index (χ1v) is 16.5. The normalized spacial score (nSPS) is 12.5. The molecular formula is C26H37Cl2N3O8P2. The van der Waals surface area contributed by atoms with Crippen LogP contribution in [0.3, 0.4) is 0 Å². The third-order valence-electron chi connectivity index (χ3n) is 5.54. The summed E-state index contributed by atoms with van der Waals surface area (Å²) in [6, 6.07) is 16.1. The molecule has 7 N–H and O–H groups in total. The van der Waals surface area contributed by atoms with E-state index >= 15 is 0 Å². The molecule has 0 bridgehead atoms. The number of halogens is 2. The molecule has 1 heterocycles. The van der Waals surface area contributed by atoms with Crippen LogP contribution < -0.4 is 5.32 Å². The second kappa shape index (κ2) is 18.0. The first kappa shape index (κ1) is 37.2. The van der Waals surface area contributed by atoms with Gasteiger partial charge >= 0.3 is 15.6 Å². The number of aromatic nitrogens is 1. The summed E-state index contributed by atoms with van der Waals surface area (Å²) in [5.74, 6) is 0. The summed E-state index contributed by atoms with van der Waals surface area (Å²) in [4.78, 5) is 50.4. The van der Waals surface area contributed by atoms with Crippen LogP contribution in [-0.4, -0.2) is 64.9 Å². The van der Waals surface area contributed by atoms with Crippen molar-refractivity contribution in [3.63, 3.8) is 0 Å². The van der Waals surface area contributed by atoms with Gasteiger partial charge in [-0.25, -0.2) is 14.1 Å². The van der Waals surface area contributed by atoms with Gasteiger partial charge in [-0.3, -0.25) is 0 Å². The van der Waals surface area contributed by atoms with Crippen molar-refractivity contribution < 1.29 is 38.5 Å². The number of nitrogens with zero attached hydrogens (tertiary/aromatic N) is 2. The molecule has 0 aliphatic heterocycles. The fourth-order valence-corrected chi connectivity index (χ4v) is 4.08. The van der Waals surface area contributed by atoms with Crippen molar-refractivity contribution in [1.82, 2.24) is 9.88 Å². The van der Waals surface area contributed by atoms with Gasteiger partial charge in [-0.1, -0.05) is 61.3 Å². The molecule has 1 atom stereocenters. The highest BCUT2D eigenvalue weighted by Crippen LogP contribution is 2.28. The Morgan fingerprint density at radius 2 is 1.51 bits per heavy atom. The Bertz CT molecular complexity index is 1330. The van der Waals surface area contributed by atoms with E-state index in [4.69, 9.17) is 66.7 Å². The minimum Gasteiger partial charge on any atom is -0.382 e. The predicted molar refractivity (Wildman–Crippen MR) is 166 cm³/mol. The predicted octanol–water partition coefficient (Wildman–Crippen LogP) is 5.78. The lowest BCUT2D eigenvalue weighted by atomic mass is 10.1. The zero-order chi connectivity index (χ0) is 31.2. The molecule has 0 spiro atoms. The fraction of sp³-hybridized carbons (Fsp3) is 0.346. The molecule has 0 amide bonds. The van der Waals surface area contributed by atoms with E-state index in [2.05, 4.69) is 37.1 Å². The molecule has 0 fully saturated rings. The van der Waals surface area contributed by atoms with Crippen LogP contribution in [0.25, 0.3) is 23.1 Å². The van der Waals surface area contributed by atoms with E-state index < -0.39 is 15.6 Å². The maximum atomic E-state index is 8.88. The molecule has 11 nitrogen and oxygen atoms in total. The Morgan fingerprint density at radius 3 is 2.07 bits per heavy atom. The fourth-order valence-electron chi connectivity index (χ4n) is 3.71. The topological polar surface area (TPSA) is 184 Å². The molecule has 1 aromatic heterocycles. The smallest absolute Gasteiger partial charge is 0.382 e. The van der Waals surface area contributed by atoms with Gasteiger partial charge in [-0.15, -0.1) is 0 Å². The van der Waals surface area contributed by atoms with Crippen LogP contribution in [-0.2, 0) is 9.13 Å². The number of phosphoric acid groups is 2. The van der Waals surface area contributed by atoms with Gasteiger partial charge in [-0.2, -0.15) is 0 Å². The molecule has 15 heteroatoms. The Labute approximate surface area is 250 Å². The molecule has 3 rings (SSSR count). The third kappa shape index (κ3) is 17.6. The number of nitrogens with one attached hydrogen (secondary N) is 1. The SMILES string of the molecule is CCN(CC)CCCC(C)Nc1cc(C=Cc2ccccc2Cl)nc2cc(Cl)ccc12.O=P(O)(O)O.O=P(O)(O)O. The van der Waals surface area contributed by atoms with Crippen molar-refractivity contribution in [2.75, 3.05) is 25.0 Å². The monoisotopic (exact) mass is 651 g/mol. The summed E-state index contributed by atoms with van der Waals surface area (Å²) in [5, 5.41) is 6.19. The van der Waals surface area contributed by atoms with Crippen molar-refractivity contribution in [3.05, 3.63) is 69.8 Å². The van der Waals surface area contributed by atoms with Crippen molar-refractivity contribution in [2.45, 2.75) is 39.7 Å². The van der Waals surface area contributed by atoms with Gasteiger partial charge in [0.05, 0.1) is 11.2 Å². The summed E-state index contributed by atoms with van der Waals surface area (Å²) in [7, 11) is -9.28. The lowest BCUT2D eigenvalue weighted by molar-refractivity contribution is 0.272. The zero-order valence-corrected chi connectivity index (χ0v) is 26.2. The summed E-state index contributed by atoms with van der Waals surface area (Å²) in [6.45, 7) is 10.0. The quantitative estimate of drug-likeness (QED) is 0.132. The van der Waals surface area contributed by atoms with Crippen molar-refractivity contribution in [1.29, 1.82) is 0 Å². The summed E-state index contributed by atoms with van der Waals surface area (Å²) < 4.78 is 17.8. The van der Waals surface area contributed by atoms with E-state index in [1.807, 2.05) is 54.6 Å². The summed E-state index contributed by atoms with van der Waals surface area (Å²) >= 11 is 12.5. The van der Waals surface area contributed by atoms with Crippen LogP contribution in [0, 0.1) is 0 Å². The largest absolute Gasteiger partial charge is 0.466 e. The molecule has 0 aliphatic carbocycles. The lowest BCUT2D eigenvalue weighted by Gasteiger charge is -2.21. The molecule has 2 aromatic carbocycles. The molecular weight excluding hydrogens is 615 g/mol. The lowest BCUT2D eigenvalue weighted by Crippen LogP contribution is -2.25. The maximum absolute atomic E-state index is 8.88. The Kier molecular flexibility index (Phi) is 16.3. The first-order chi connectivity index (χ1) is 19.0. The standard InChI is InChI=1S/C26H31Cl2N3.2H3O4P/c1-4-31(5-2)16-8-9-19(3)29-26-18-22(14-12-20-10-6-7-11-24(20)28)30-25-17-21(27)13-15-23(25)26;2*1-5(2,3)4/h6-7,10-15,17-19H,4-5,8-9,16H2,1-3H3,(H,29,30);2*(H3,1,2,3,4). The van der Waals surface area contributed by atoms with Crippen LogP contribution in [0.5, 0.6) is 0 Å². The minimum atomic E-state index is -4.64. The number of rotatable bonds is 10. The van der Waals surface area contributed by atoms with Crippen LogP contribution >= 0.6 is 38.8 Å². The first-order valence-electron chi connectivity index (χ1n) is 12.6. The highest BCUT2D eigenvalue weighted by molar-refractivity contribution is 7.45. The maximum Gasteiger partial charge on any atom is 0.466 e. The van der Waals surface area contributed by atoms with Crippen molar-refractivity contribution in [2.24, 2.45) is 0 Å². The number of benzene rings is 2. The van der Waals surface area contributed by atoms with Gasteiger partial charge in [-0.05, 0) is 81.4 Å². The van der Waals surface area contributed by atoms with Crippen LogP contribution in [0.2, 0.25) is 10.0 Å². The summed E-state index contributed by atoms with van der Waals surface area (Å²) in [5.41, 5.74) is 3.80. The van der Waals surface area contributed by atoms with E-state index in [9.17, 15) is 0 Å². The number of fused-ring (bicyclic) bond motifs is 1. The van der Waals surface area contributed by atoms with Crippen LogP contribution in [0.15, 0.2) is 48.5 Å². The second-order valence-corrected chi connectivity index (χ2v) is 11.7. The average molecular weight is 652 g/mol. The molecule has 228 valence electrons. The van der Waals surface area contributed by atoms with E-state index in [1.165, 1.54) is 6.42 Å². The number of hydrogen-bond acceptors (Lipinski definition) is 5. The van der Waals surface area contributed by atoms with Crippen LogP contribution in [0.1, 0.15) is 44.9 Å². The van der Waals surface area contributed by atoms with Gasteiger partial charge in [0.1, 0.15) is 0 Å². The number of hydrogen-bond donors (Lipinski definition) is 7. The van der Waals surface area contributed by atoms with Gasteiger partial charge < -0.3 is 39.6 Å². The number of pyridine rings is 1. The van der Waals surface area contributed by atoms with Gasteiger partial charge in [0.15, 0.2) is 0 Å². The van der Waals surface area contributed by atoms with E-state index in [0.29, 0.717) is 11.1 Å². The van der Waals surface area contributed by atoms with E-state index in [-0.39, 0.29) is 0 Å². The van der Waals surface area contributed by atoms with E-state index in [0.717, 1.165) is 58.9 Å². The molecule has 0 saturated heterocycles. The zero-order valence-electron chi connectivity index (χ0n) is 22.9. The van der Waals surface area contributed by atoms with Gasteiger partial charge in [0.2, 0.25) is 0 Å². The third-order valence-corrected chi connectivity index (χ3v) is 6.12. The molecule has 3 aromatic rings. The van der Waals surface area contributed by atoms with Crippen LogP contribution in [0.4, 0.5) is 5.69 Å². The summed E-state index contributed by atoms with van der Waals surface area (Å²) in [6.07, 6.45) is 6.28. The highest BCUT2D eigenvalue weighted by Gasteiger charge is 2.10. The van der Waals surface area contributed by atoms with Gasteiger partial charge in [0, 0.05) is 27.2 Å². The Balaban J connectivity index is 0.000000722. The average Bonchev–Trinajstić information content (AvgIpc) is 2.84. The molecule has 0 saturated carbocycles. The molecule has 0 radical (unpaired) electrons. The van der Waals surface area contributed by atoms with Gasteiger partial charge in [0.25, 0.3) is 0 Å². The highest BCUT2D eigenvalue weighted by atomic mass is 35.5. The minimum absolute atomic E-state index is 0.359. The van der Waals surface area contributed by atoms with Crippen molar-refractivity contribution >= 4 is 67.6 Å². The molecule has 0 aliphatic rings.